The summed E-state index contributed by atoms with van der Waals surface area (Å²) < 4.78 is 1.89. The summed E-state index contributed by atoms with van der Waals surface area (Å²) in [6, 6.07) is 5.48. The van der Waals surface area contributed by atoms with E-state index in [1.54, 1.807) is 6.07 Å². The number of fused-ring (bicyclic) bond motifs is 5. The predicted octanol–water partition coefficient (Wildman–Crippen LogP) is 0.876. The van der Waals surface area contributed by atoms with Gasteiger partial charge < -0.3 is 15.2 Å². The van der Waals surface area contributed by atoms with Crippen molar-refractivity contribution in [1.29, 1.82) is 0 Å². The number of H-pyrrole nitrogens is 1. The van der Waals surface area contributed by atoms with Gasteiger partial charge in [0.15, 0.2) is 5.96 Å². The lowest BCUT2D eigenvalue weighted by atomic mass is 9.83. The van der Waals surface area contributed by atoms with Gasteiger partial charge in [-0.15, -0.1) is 0 Å². The lowest BCUT2D eigenvalue weighted by Crippen LogP contribution is -2.51. The number of hydrogen-bond donors (Lipinski definition) is 2. The minimum atomic E-state index is -0.0972. The first kappa shape index (κ1) is 17.2. The third-order valence-corrected chi connectivity index (χ3v) is 6.20. The van der Waals surface area contributed by atoms with Crippen LogP contribution < -0.4 is 16.9 Å². The molecule has 28 heavy (non-hydrogen) atoms. The number of aromatic nitrogens is 3. The van der Waals surface area contributed by atoms with E-state index < -0.39 is 0 Å². The molecule has 8 heteroatoms. The van der Waals surface area contributed by atoms with Crippen LogP contribution in [0.1, 0.15) is 42.1 Å². The van der Waals surface area contributed by atoms with Gasteiger partial charge in [0.1, 0.15) is 0 Å². The topological polar surface area (TPSA) is 109 Å². The molecule has 8 nitrogen and oxygen atoms in total. The number of aromatic amines is 1. The predicted molar refractivity (Wildman–Crippen MR) is 106 cm³/mol. The second-order valence-electron chi connectivity index (χ2n) is 8.10. The van der Waals surface area contributed by atoms with Crippen LogP contribution in [0.3, 0.4) is 0 Å². The van der Waals surface area contributed by atoms with E-state index in [4.69, 9.17) is 5.73 Å². The summed E-state index contributed by atoms with van der Waals surface area (Å²) in [5, 5.41) is 0. The molecule has 3 N–H and O–H groups in total. The molecule has 2 aliphatic heterocycles. The molecular weight excluding hydrogens is 356 g/mol. The number of likely N-dealkylation sites (tertiary alicyclic amines) is 1. The number of nitrogens with zero attached hydrogens (tertiary/aromatic N) is 4. The van der Waals surface area contributed by atoms with E-state index in [0.29, 0.717) is 25.0 Å². The fourth-order valence-corrected chi connectivity index (χ4v) is 4.91. The molecule has 0 amide bonds. The van der Waals surface area contributed by atoms with E-state index >= 15 is 0 Å². The molecule has 3 aliphatic rings. The Morgan fingerprint density at radius 3 is 2.93 bits per heavy atom. The number of hydrogen-bond acceptors (Lipinski definition) is 4. The van der Waals surface area contributed by atoms with Gasteiger partial charge in [-0.05, 0) is 44.1 Å². The normalized spacial score (nSPS) is 23.9. The van der Waals surface area contributed by atoms with Crippen molar-refractivity contribution < 1.29 is 0 Å². The van der Waals surface area contributed by atoms with Crippen LogP contribution in [-0.4, -0.2) is 38.5 Å². The maximum absolute atomic E-state index is 12.3. The summed E-state index contributed by atoms with van der Waals surface area (Å²) in [7, 11) is 0. The van der Waals surface area contributed by atoms with Crippen LogP contribution in [0.5, 0.6) is 0 Å². The summed E-state index contributed by atoms with van der Waals surface area (Å²) in [5.41, 5.74) is 8.99. The smallest absolute Gasteiger partial charge is 0.255 e. The van der Waals surface area contributed by atoms with Crippen molar-refractivity contribution in [3.63, 3.8) is 0 Å². The van der Waals surface area contributed by atoms with Crippen molar-refractivity contribution in [2.45, 2.75) is 44.6 Å². The first-order chi connectivity index (χ1) is 13.6. The molecule has 2 unspecified atom stereocenters. The van der Waals surface area contributed by atoms with Gasteiger partial charge in [-0.2, -0.15) is 4.99 Å². The largest absolute Gasteiger partial charge is 0.369 e. The van der Waals surface area contributed by atoms with Crippen LogP contribution >= 0.6 is 0 Å². The van der Waals surface area contributed by atoms with Gasteiger partial charge in [0.05, 0.1) is 5.69 Å². The molecule has 2 bridgehead atoms. The quantitative estimate of drug-likeness (QED) is 0.564. The maximum atomic E-state index is 12.3. The Kier molecular flexibility index (Phi) is 4.07. The third-order valence-electron chi connectivity index (χ3n) is 6.20. The second kappa shape index (κ2) is 6.61. The fourth-order valence-electron chi connectivity index (χ4n) is 4.91. The molecule has 0 aromatic carbocycles. The molecule has 2 atom stereocenters. The van der Waals surface area contributed by atoms with E-state index in [2.05, 4.69) is 19.9 Å². The molecule has 0 spiro atoms. The first-order valence-corrected chi connectivity index (χ1v) is 9.99. The molecule has 1 saturated heterocycles. The van der Waals surface area contributed by atoms with E-state index in [1.165, 1.54) is 0 Å². The molecule has 2 aromatic rings. The lowest BCUT2D eigenvalue weighted by molar-refractivity contribution is 0.177. The summed E-state index contributed by atoms with van der Waals surface area (Å²) in [4.78, 5) is 38.3. The molecule has 146 valence electrons. The Morgan fingerprint density at radius 2 is 2.04 bits per heavy atom. The highest BCUT2D eigenvalue weighted by Gasteiger charge is 2.35. The average molecular weight is 380 g/mol. The van der Waals surface area contributed by atoms with E-state index in [1.807, 2.05) is 16.7 Å². The van der Waals surface area contributed by atoms with Gasteiger partial charge in [-0.3, -0.25) is 14.6 Å². The third kappa shape index (κ3) is 2.93. The van der Waals surface area contributed by atoms with Crippen LogP contribution in [0.2, 0.25) is 0 Å². The average Bonchev–Trinajstić information content (AvgIpc) is 2.69. The van der Waals surface area contributed by atoms with Crippen LogP contribution in [0.4, 0.5) is 5.95 Å². The molecule has 1 fully saturated rings. The number of rotatable bonds is 1. The maximum Gasteiger partial charge on any atom is 0.255 e. The second-order valence-corrected chi connectivity index (χ2v) is 8.10. The number of nitrogens with one attached hydrogen (secondary N) is 1. The molecular formula is C20H24N6O2. The number of aryl methyl sites for hydroxylation is 1. The SMILES string of the molecule is N/C(=N/c1nc2c(c(=O)[nH]1)CCCC2)N1CC2CC(C1)c1cccc(=O)n1C2. The highest BCUT2D eigenvalue weighted by Crippen LogP contribution is 2.34. The van der Waals surface area contributed by atoms with Crippen molar-refractivity contribution in [3.05, 3.63) is 55.9 Å². The van der Waals surface area contributed by atoms with Gasteiger partial charge in [0, 0.05) is 42.9 Å². The summed E-state index contributed by atoms with van der Waals surface area (Å²) in [6.07, 6.45) is 4.74. The van der Waals surface area contributed by atoms with E-state index in [0.717, 1.165) is 55.6 Å². The Bertz CT molecular complexity index is 1070. The molecule has 1 aliphatic carbocycles. The van der Waals surface area contributed by atoms with Gasteiger partial charge in [0.2, 0.25) is 5.95 Å². The van der Waals surface area contributed by atoms with Gasteiger partial charge in [0.25, 0.3) is 11.1 Å². The summed E-state index contributed by atoms with van der Waals surface area (Å²) in [5.74, 6) is 1.28. The van der Waals surface area contributed by atoms with E-state index in [9.17, 15) is 9.59 Å². The number of piperidine rings is 1. The molecule has 2 aromatic heterocycles. The molecule has 0 radical (unpaired) electrons. The Labute approximate surface area is 162 Å². The minimum absolute atomic E-state index is 0.0677. The van der Waals surface area contributed by atoms with Crippen molar-refractivity contribution in [1.82, 2.24) is 19.4 Å². The number of pyridine rings is 1. The Hall–Kier alpha value is -2.90. The van der Waals surface area contributed by atoms with Gasteiger partial charge in [-0.25, -0.2) is 4.98 Å². The van der Waals surface area contributed by atoms with Crippen molar-refractivity contribution in [2.75, 3.05) is 13.1 Å². The zero-order chi connectivity index (χ0) is 19.3. The van der Waals surface area contributed by atoms with Crippen LogP contribution in [0.15, 0.2) is 32.8 Å². The monoisotopic (exact) mass is 380 g/mol. The van der Waals surface area contributed by atoms with Crippen molar-refractivity contribution >= 4 is 11.9 Å². The lowest BCUT2D eigenvalue weighted by Gasteiger charge is -2.43. The standard InChI is InChI=1S/C20H24N6O2/c21-19(24-20-22-15-5-2-1-4-14(15)18(28)23-20)25-9-12-8-13(11-25)16-6-3-7-17(27)26(16)10-12/h3,6-7,12-13H,1-2,4-5,8-11H2,(H3,21,22,23,24,28). The van der Waals surface area contributed by atoms with Crippen molar-refractivity contribution in [3.8, 4) is 0 Å². The number of nitrogens with two attached hydrogens (primary N) is 1. The fraction of sp³-hybridized carbons (Fsp3) is 0.500. The Morgan fingerprint density at radius 1 is 1.18 bits per heavy atom. The Balaban J connectivity index is 1.42. The van der Waals surface area contributed by atoms with Crippen LogP contribution in [0.25, 0.3) is 0 Å². The number of aliphatic imine (C=N–C) groups is 1. The van der Waals surface area contributed by atoms with Gasteiger partial charge in [-0.1, -0.05) is 6.07 Å². The van der Waals surface area contributed by atoms with Crippen LogP contribution in [-0.2, 0) is 19.4 Å². The van der Waals surface area contributed by atoms with Gasteiger partial charge >= 0.3 is 0 Å². The zero-order valence-electron chi connectivity index (χ0n) is 15.7. The van der Waals surface area contributed by atoms with Crippen LogP contribution in [0, 0.1) is 5.92 Å². The zero-order valence-corrected chi connectivity index (χ0v) is 15.7. The highest BCUT2D eigenvalue weighted by atomic mass is 16.1. The molecule has 5 rings (SSSR count). The molecule has 0 saturated carbocycles. The highest BCUT2D eigenvalue weighted by molar-refractivity contribution is 5.80. The minimum Gasteiger partial charge on any atom is -0.369 e. The first-order valence-electron chi connectivity index (χ1n) is 9.99. The summed E-state index contributed by atoms with van der Waals surface area (Å²) in [6.45, 7) is 2.18. The summed E-state index contributed by atoms with van der Waals surface area (Å²) >= 11 is 0. The number of guanidine groups is 1. The van der Waals surface area contributed by atoms with E-state index in [-0.39, 0.29) is 23.0 Å². The van der Waals surface area contributed by atoms with Crippen molar-refractivity contribution in [2.24, 2.45) is 16.6 Å². The molecule has 4 heterocycles.